The van der Waals surface area contributed by atoms with E-state index in [0.717, 1.165) is 11.8 Å². The van der Waals surface area contributed by atoms with Crippen LogP contribution in [0.3, 0.4) is 0 Å². The van der Waals surface area contributed by atoms with E-state index in [1.807, 2.05) is 0 Å². The first-order valence-corrected chi connectivity index (χ1v) is 9.52. The Morgan fingerprint density at radius 2 is 1.69 bits per heavy atom. The molecule has 0 saturated heterocycles. The number of hydrogen-bond acceptors (Lipinski definition) is 5. The molecule has 0 spiro atoms. The Morgan fingerprint density at radius 3 is 2.42 bits per heavy atom. The van der Waals surface area contributed by atoms with Gasteiger partial charge in [-0.25, -0.2) is 4.79 Å². The summed E-state index contributed by atoms with van der Waals surface area (Å²) in [6.07, 6.45) is 6.37. The minimum absolute atomic E-state index is 0.154. The van der Waals surface area contributed by atoms with Gasteiger partial charge in [0, 0.05) is 6.04 Å². The summed E-state index contributed by atoms with van der Waals surface area (Å²) in [5, 5.41) is 3.15. The second-order valence-corrected chi connectivity index (χ2v) is 8.17. The molecule has 6 rings (SSSR count). The molecule has 1 aromatic carbocycles. The molecule has 0 radical (unpaired) electrons. The van der Waals surface area contributed by atoms with E-state index >= 15 is 0 Å². The molecule has 1 aliphatic heterocycles. The van der Waals surface area contributed by atoms with E-state index in [-0.39, 0.29) is 25.3 Å². The van der Waals surface area contributed by atoms with Crippen molar-refractivity contribution in [2.75, 3.05) is 13.4 Å². The number of ether oxygens (including phenoxy) is 3. The molecule has 1 N–H and O–H groups in total. The lowest BCUT2D eigenvalue weighted by molar-refractivity contribution is -0.128. The third-order valence-corrected chi connectivity index (χ3v) is 6.50. The predicted octanol–water partition coefficient (Wildman–Crippen LogP) is 2.51. The van der Waals surface area contributed by atoms with E-state index in [9.17, 15) is 9.59 Å². The summed E-state index contributed by atoms with van der Waals surface area (Å²) in [7, 11) is 0. The summed E-state index contributed by atoms with van der Waals surface area (Å²) in [6.45, 7) is -0.0856. The van der Waals surface area contributed by atoms with Crippen LogP contribution in [0.4, 0.5) is 0 Å². The van der Waals surface area contributed by atoms with Crippen molar-refractivity contribution in [1.82, 2.24) is 5.32 Å². The zero-order valence-electron chi connectivity index (χ0n) is 14.6. The first kappa shape index (κ1) is 16.0. The maximum Gasteiger partial charge on any atom is 0.338 e. The number of nitrogens with one attached hydrogen (secondary N) is 1. The van der Waals surface area contributed by atoms with Gasteiger partial charge in [-0.1, -0.05) is 0 Å². The SMILES string of the molecule is O=C(COC(=O)c1ccc2c(c1)OCO2)NC1C2CC3CC(C2)CC1C3. The Hall–Kier alpha value is -2.24. The smallest absolute Gasteiger partial charge is 0.338 e. The van der Waals surface area contributed by atoms with Gasteiger partial charge in [0.2, 0.25) is 6.79 Å². The molecule has 4 aliphatic carbocycles. The fourth-order valence-electron chi connectivity index (χ4n) is 5.63. The van der Waals surface area contributed by atoms with Gasteiger partial charge >= 0.3 is 5.97 Å². The van der Waals surface area contributed by atoms with E-state index in [4.69, 9.17) is 14.2 Å². The van der Waals surface area contributed by atoms with Crippen molar-refractivity contribution in [3.8, 4) is 11.5 Å². The zero-order valence-corrected chi connectivity index (χ0v) is 14.6. The molecule has 6 heteroatoms. The van der Waals surface area contributed by atoms with Crippen LogP contribution in [0.2, 0.25) is 0 Å². The number of fused-ring (bicyclic) bond motifs is 1. The van der Waals surface area contributed by atoms with Gasteiger partial charge in [0.25, 0.3) is 5.91 Å². The molecule has 26 heavy (non-hydrogen) atoms. The lowest BCUT2D eigenvalue weighted by Gasteiger charge is -2.54. The van der Waals surface area contributed by atoms with Crippen molar-refractivity contribution in [2.24, 2.45) is 23.7 Å². The highest BCUT2D eigenvalue weighted by Crippen LogP contribution is 2.53. The van der Waals surface area contributed by atoms with Crippen molar-refractivity contribution in [3.63, 3.8) is 0 Å². The van der Waals surface area contributed by atoms with Crippen LogP contribution in [-0.2, 0) is 9.53 Å². The van der Waals surface area contributed by atoms with Crippen molar-refractivity contribution < 1.29 is 23.8 Å². The summed E-state index contributed by atoms with van der Waals surface area (Å²) in [5.41, 5.74) is 0.358. The van der Waals surface area contributed by atoms with Gasteiger partial charge in [-0.3, -0.25) is 4.79 Å². The first-order valence-electron chi connectivity index (χ1n) is 9.52. The van der Waals surface area contributed by atoms with E-state index in [0.29, 0.717) is 28.9 Å². The van der Waals surface area contributed by atoms with Crippen LogP contribution >= 0.6 is 0 Å². The molecule has 0 atom stereocenters. The quantitative estimate of drug-likeness (QED) is 0.838. The maximum atomic E-state index is 12.3. The number of rotatable bonds is 4. The van der Waals surface area contributed by atoms with Crippen molar-refractivity contribution in [3.05, 3.63) is 23.8 Å². The molecular weight excluding hydrogens is 334 g/mol. The molecule has 1 amide bonds. The number of carbonyl (C=O) groups excluding carboxylic acids is 2. The topological polar surface area (TPSA) is 73.9 Å². The number of esters is 1. The molecule has 4 fully saturated rings. The molecule has 4 saturated carbocycles. The lowest BCUT2D eigenvalue weighted by atomic mass is 9.54. The second kappa shape index (κ2) is 6.18. The third-order valence-electron chi connectivity index (χ3n) is 6.50. The molecule has 138 valence electrons. The van der Waals surface area contributed by atoms with Gasteiger partial charge in [-0.2, -0.15) is 0 Å². The minimum Gasteiger partial charge on any atom is -0.454 e. The monoisotopic (exact) mass is 357 g/mol. The Bertz CT molecular complexity index is 718. The Labute approximate surface area is 152 Å². The zero-order chi connectivity index (χ0) is 17.7. The average molecular weight is 357 g/mol. The molecule has 0 aromatic heterocycles. The van der Waals surface area contributed by atoms with Gasteiger partial charge < -0.3 is 19.5 Å². The number of benzene rings is 1. The van der Waals surface area contributed by atoms with Crippen LogP contribution in [-0.4, -0.2) is 31.3 Å². The van der Waals surface area contributed by atoms with Crippen molar-refractivity contribution >= 4 is 11.9 Å². The second-order valence-electron chi connectivity index (χ2n) is 8.17. The van der Waals surface area contributed by atoms with Gasteiger partial charge in [-0.15, -0.1) is 0 Å². The normalized spacial score (nSPS) is 33.2. The Kier molecular flexibility index (Phi) is 3.80. The summed E-state index contributed by atoms with van der Waals surface area (Å²) in [4.78, 5) is 24.5. The summed E-state index contributed by atoms with van der Waals surface area (Å²) in [6, 6.07) is 5.14. The largest absolute Gasteiger partial charge is 0.454 e. The van der Waals surface area contributed by atoms with Gasteiger partial charge in [0.15, 0.2) is 18.1 Å². The Morgan fingerprint density at radius 1 is 1.00 bits per heavy atom. The highest BCUT2D eigenvalue weighted by molar-refractivity contribution is 5.92. The standard InChI is InChI=1S/C20H23NO5/c22-18(21-19-14-4-11-3-12(6-14)7-15(19)5-11)9-24-20(23)13-1-2-16-17(8-13)26-10-25-16/h1-2,8,11-12,14-15,19H,3-7,9-10H2,(H,21,22). The number of amides is 1. The predicted molar refractivity (Wildman–Crippen MR) is 91.8 cm³/mol. The third kappa shape index (κ3) is 2.81. The maximum absolute atomic E-state index is 12.3. The van der Waals surface area contributed by atoms with Crippen LogP contribution in [0.15, 0.2) is 18.2 Å². The Balaban J connectivity index is 1.16. The molecule has 4 bridgehead atoms. The van der Waals surface area contributed by atoms with E-state index < -0.39 is 5.97 Å². The molecule has 5 aliphatic rings. The van der Waals surface area contributed by atoms with Crippen LogP contribution in [0, 0.1) is 23.7 Å². The summed E-state index contributed by atoms with van der Waals surface area (Å²) >= 11 is 0. The average Bonchev–Trinajstić information content (AvgIpc) is 3.10. The molecule has 6 nitrogen and oxygen atoms in total. The van der Waals surface area contributed by atoms with Crippen LogP contribution in [0.25, 0.3) is 0 Å². The van der Waals surface area contributed by atoms with E-state index in [2.05, 4.69) is 5.32 Å². The number of hydrogen-bond donors (Lipinski definition) is 1. The van der Waals surface area contributed by atoms with E-state index in [1.165, 1.54) is 32.1 Å². The van der Waals surface area contributed by atoms with Crippen molar-refractivity contribution in [2.45, 2.75) is 38.1 Å². The van der Waals surface area contributed by atoms with Crippen molar-refractivity contribution in [1.29, 1.82) is 0 Å². The lowest BCUT2D eigenvalue weighted by Crippen LogP contribution is -2.56. The molecular formula is C20H23NO5. The van der Waals surface area contributed by atoms with Gasteiger partial charge in [0.05, 0.1) is 5.56 Å². The van der Waals surface area contributed by atoms with Crippen LogP contribution < -0.4 is 14.8 Å². The highest BCUT2D eigenvalue weighted by atomic mass is 16.7. The van der Waals surface area contributed by atoms with E-state index in [1.54, 1.807) is 18.2 Å². The molecule has 1 aromatic rings. The summed E-state index contributed by atoms with van der Waals surface area (Å²) < 4.78 is 15.7. The molecule has 0 unspecified atom stereocenters. The first-order chi connectivity index (χ1) is 12.7. The van der Waals surface area contributed by atoms with Gasteiger partial charge in [0.1, 0.15) is 0 Å². The van der Waals surface area contributed by atoms with Gasteiger partial charge in [-0.05, 0) is 74.0 Å². The fraction of sp³-hybridized carbons (Fsp3) is 0.600. The highest BCUT2D eigenvalue weighted by Gasteiger charge is 2.48. The minimum atomic E-state index is -0.525. The van der Waals surface area contributed by atoms with Crippen LogP contribution in [0.5, 0.6) is 11.5 Å². The fourth-order valence-corrected chi connectivity index (χ4v) is 5.63. The van der Waals surface area contributed by atoms with Crippen LogP contribution in [0.1, 0.15) is 42.5 Å². The molecule has 1 heterocycles. The summed E-state index contributed by atoms with van der Waals surface area (Å²) in [5.74, 6) is 3.38. The number of carbonyl (C=O) groups is 2.